The first-order chi connectivity index (χ1) is 9.31. The van der Waals surface area contributed by atoms with Crippen LogP contribution < -0.4 is 0 Å². The minimum Gasteiger partial charge on any atom is -0.394 e. The van der Waals surface area contributed by atoms with E-state index in [1.54, 1.807) is 6.20 Å². The van der Waals surface area contributed by atoms with Crippen LogP contribution in [0.5, 0.6) is 0 Å². The second-order valence-corrected chi connectivity index (χ2v) is 4.73. The van der Waals surface area contributed by atoms with Gasteiger partial charge in [0, 0.05) is 25.8 Å². The normalized spacial score (nSPS) is 17.3. The van der Waals surface area contributed by atoms with Crippen LogP contribution in [0.25, 0.3) is 0 Å². The molecule has 0 amide bonds. The first-order valence-electron chi connectivity index (χ1n) is 6.61. The molecule has 2 rings (SSSR count). The summed E-state index contributed by atoms with van der Waals surface area (Å²) in [6, 6.07) is 5.86. The molecule has 1 aliphatic rings. The number of nitrogens with zero attached hydrogens (tertiary/aromatic N) is 3. The standard InChI is InChI=1S/C14H19N3O2/c15-10-13-9-12(1-4-16-13)11-17-5-2-14(3-6-17)19-8-7-18/h1,4,9,14,18H,2-3,5-8,11H2. The van der Waals surface area contributed by atoms with Crippen LogP contribution in [0.3, 0.4) is 0 Å². The Kier molecular flexibility index (Phi) is 5.28. The van der Waals surface area contributed by atoms with Gasteiger partial charge in [-0.25, -0.2) is 4.98 Å². The summed E-state index contributed by atoms with van der Waals surface area (Å²) in [5, 5.41) is 17.5. The van der Waals surface area contributed by atoms with E-state index in [4.69, 9.17) is 15.1 Å². The van der Waals surface area contributed by atoms with Crippen LogP contribution >= 0.6 is 0 Å². The molecule has 1 aliphatic heterocycles. The first kappa shape index (κ1) is 13.9. The van der Waals surface area contributed by atoms with Gasteiger partial charge in [-0.1, -0.05) is 0 Å². The van der Waals surface area contributed by atoms with E-state index in [1.165, 1.54) is 0 Å². The van der Waals surface area contributed by atoms with E-state index in [9.17, 15) is 0 Å². The molecule has 0 aliphatic carbocycles. The predicted molar refractivity (Wildman–Crippen MR) is 70.3 cm³/mol. The molecule has 2 heterocycles. The van der Waals surface area contributed by atoms with E-state index in [1.807, 2.05) is 12.1 Å². The number of hydrogen-bond donors (Lipinski definition) is 1. The molecule has 102 valence electrons. The zero-order valence-corrected chi connectivity index (χ0v) is 11.0. The molecule has 19 heavy (non-hydrogen) atoms. The summed E-state index contributed by atoms with van der Waals surface area (Å²) in [7, 11) is 0. The van der Waals surface area contributed by atoms with Gasteiger partial charge in [-0.3, -0.25) is 4.90 Å². The molecule has 1 aromatic rings. The van der Waals surface area contributed by atoms with Crippen molar-refractivity contribution in [1.29, 1.82) is 5.26 Å². The lowest BCUT2D eigenvalue weighted by Crippen LogP contribution is -2.36. The van der Waals surface area contributed by atoms with Gasteiger partial charge >= 0.3 is 0 Å². The lowest BCUT2D eigenvalue weighted by molar-refractivity contribution is -0.00901. The van der Waals surface area contributed by atoms with Gasteiger partial charge in [0.05, 0.1) is 19.3 Å². The maximum atomic E-state index is 8.82. The number of likely N-dealkylation sites (tertiary alicyclic amines) is 1. The molecule has 0 saturated carbocycles. The average molecular weight is 261 g/mol. The smallest absolute Gasteiger partial charge is 0.140 e. The number of pyridine rings is 1. The SMILES string of the molecule is N#Cc1cc(CN2CCC(OCCO)CC2)ccn1. The molecular weight excluding hydrogens is 242 g/mol. The molecule has 0 unspecified atom stereocenters. The van der Waals surface area contributed by atoms with E-state index in [-0.39, 0.29) is 12.7 Å². The highest BCUT2D eigenvalue weighted by molar-refractivity contribution is 5.25. The summed E-state index contributed by atoms with van der Waals surface area (Å²) >= 11 is 0. The molecule has 0 bridgehead atoms. The molecule has 0 spiro atoms. The van der Waals surface area contributed by atoms with Gasteiger partial charge in [0.15, 0.2) is 0 Å². The van der Waals surface area contributed by atoms with Crippen molar-refractivity contribution in [3.63, 3.8) is 0 Å². The number of rotatable bonds is 5. The first-order valence-corrected chi connectivity index (χ1v) is 6.61. The summed E-state index contributed by atoms with van der Waals surface area (Å²) in [4.78, 5) is 6.33. The van der Waals surface area contributed by atoms with Crippen molar-refractivity contribution in [2.45, 2.75) is 25.5 Å². The fourth-order valence-corrected chi connectivity index (χ4v) is 2.35. The van der Waals surface area contributed by atoms with Crippen molar-refractivity contribution in [3.05, 3.63) is 29.6 Å². The van der Waals surface area contributed by atoms with Gasteiger partial charge in [-0.15, -0.1) is 0 Å². The summed E-state index contributed by atoms with van der Waals surface area (Å²) in [6.07, 6.45) is 3.95. The van der Waals surface area contributed by atoms with Crippen molar-refractivity contribution in [2.75, 3.05) is 26.3 Å². The lowest BCUT2D eigenvalue weighted by atomic mass is 10.1. The number of piperidine rings is 1. The largest absolute Gasteiger partial charge is 0.394 e. The molecule has 1 saturated heterocycles. The van der Waals surface area contributed by atoms with Crippen molar-refractivity contribution < 1.29 is 9.84 Å². The Hall–Kier alpha value is -1.48. The second kappa shape index (κ2) is 7.19. The maximum absolute atomic E-state index is 8.82. The molecule has 1 fully saturated rings. The third-order valence-electron chi connectivity index (χ3n) is 3.32. The van der Waals surface area contributed by atoms with Crippen LogP contribution in [0.2, 0.25) is 0 Å². The highest BCUT2D eigenvalue weighted by Gasteiger charge is 2.19. The van der Waals surface area contributed by atoms with Crippen LogP contribution in [0.15, 0.2) is 18.3 Å². The molecular formula is C14H19N3O2. The Bertz CT molecular complexity index is 437. The maximum Gasteiger partial charge on any atom is 0.140 e. The third kappa shape index (κ3) is 4.28. The lowest BCUT2D eigenvalue weighted by Gasteiger charge is -2.31. The van der Waals surface area contributed by atoms with E-state index in [0.717, 1.165) is 38.0 Å². The quantitative estimate of drug-likeness (QED) is 0.853. The minimum absolute atomic E-state index is 0.0914. The fourth-order valence-electron chi connectivity index (χ4n) is 2.35. The van der Waals surface area contributed by atoms with Crippen LogP contribution in [0.1, 0.15) is 24.1 Å². The summed E-state index contributed by atoms with van der Waals surface area (Å²) < 4.78 is 5.54. The van der Waals surface area contributed by atoms with Gasteiger partial charge in [0.2, 0.25) is 0 Å². The summed E-state index contributed by atoms with van der Waals surface area (Å²) in [6.45, 7) is 3.35. The Labute approximate surface area is 113 Å². The molecule has 1 N–H and O–H groups in total. The average Bonchev–Trinajstić information content (AvgIpc) is 2.47. The monoisotopic (exact) mass is 261 g/mol. The number of aromatic nitrogens is 1. The second-order valence-electron chi connectivity index (χ2n) is 4.73. The fraction of sp³-hybridized carbons (Fsp3) is 0.571. The van der Waals surface area contributed by atoms with Crippen LogP contribution in [-0.2, 0) is 11.3 Å². The molecule has 0 radical (unpaired) electrons. The zero-order chi connectivity index (χ0) is 13.5. The van der Waals surface area contributed by atoms with E-state index in [2.05, 4.69) is 16.0 Å². The van der Waals surface area contributed by atoms with E-state index in [0.29, 0.717) is 12.3 Å². The number of aliphatic hydroxyl groups is 1. The third-order valence-corrected chi connectivity index (χ3v) is 3.32. The van der Waals surface area contributed by atoms with Gasteiger partial charge in [0.1, 0.15) is 11.8 Å². The van der Waals surface area contributed by atoms with Crippen molar-refractivity contribution >= 4 is 0 Å². The Morgan fingerprint density at radius 3 is 2.95 bits per heavy atom. The summed E-state index contributed by atoms with van der Waals surface area (Å²) in [5.41, 5.74) is 1.60. The van der Waals surface area contributed by atoms with Gasteiger partial charge in [0.25, 0.3) is 0 Å². The molecule has 5 heteroatoms. The zero-order valence-electron chi connectivity index (χ0n) is 11.0. The van der Waals surface area contributed by atoms with E-state index >= 15 is 0 Å². The number of nitriles is 1. The highest BCUT2D eigenvalue weighted by Crippen LogP contribution is 2.16. The Morgan fingerprint density at radius 2 is 2.26 bits per heavy atom. The Morgan fingerprint density at radius 1 is 1.47 bits per heavy atom. The highest BCUT2D eigenvalue weighted by atomic mass is 16.5. The van der Waals surface area contributed by atoms with Crippen LogP contribution in [-0.4, -0.2) is 47.4 Å². The predicted octanol–water partition coefficient (Wildman–Crippen LogP) is 0.927. The molecule has 0 atom stereocenters. The molecule has 0 aromatic carbocycles. The number of aliphatic hydroxyl groups excluding tert-OH is 1. The van der Waals surface area contributed by atoms with Crippen LogP contribution in [0.4, 0.5) is 0 Å². The summed E-state index contributed by atoms with van der Waals surface area (Å²) in [5.74, 6) is 0. The Balaban J connectivity index is 1.80. The van der Waals surface area contributed by atoms with Crippen molar-refractivity contribution in [3.8, 4) is 6.07 Å². The molecule has 5 nitrogen and oxygen atoms in total. The molecule has 1 aromatic heterocycles. The van der Waals surface area contributed by atoms with Gasteiger partial charge in [-0.05, 0) is 30.5 Å². The van der Waals surface area contributed by atoms with Gasteiger partial charge < -0.3 is 9.84 Å². The van der Waals surface area contributed by atoms with Gasteiger partial charge in [-0.2, -0.15) is 5.26 Å². The van der Waals surface area contributed by atoms with Crippen molar-refractivity contribution in [2.24, 2.45) is 0 Å². The topological polar surface area (TPSA) is 69.4 Å². The van der Waals surface area contributed by atoms with E-state index < -0.39 is 0 Å². The van der Waals surface area contributed by atoms with Crippen molar-refractivity contribution in [1.82, 2.24) is 9.88 Å². The number of ether oxygens (including phenoxy) is 1. The van der Waals surface area contributed by atoms with Crippen LogP contribution in [0, 0.1) is 11.3 Å². The number of hydrogen-bond acceptors (Lipinski definition) is 5. The minimum atomic E-state index is 0.0914.